The smallest absolute Gasteiger partial charge is 0.317 e. The first-order chi connectivity index (χ1) is 8.25. The fourth-order valence-corrected chi connectivity index (χ4v) is 2.44. The van der Waals surface area contributed by atoms with Crippen LogP contribution in [-0.2, 0) is 0 Å². The Bertz CT molecular complexity index is 437. The predicted octanol–water partition coefficient (Wildman–Crippen LogP) is 0.453. The summed E-state index contributed by atoms with van der Waals surface area (Å²) in [5, 5.41) is 3.29. The Labute approximate surface area is 107 Å². The highest BCUT2D eigenvalue weighted by molar-refractivity contribution is 9.10. The minimum absolute atomic E-state index is 0.0128. The van der Waals surface area contributed by atoms with Gasteiger partial charge in [0.05, 0.1) is 17.1 Å². The summed E-state index contributed by atoms with van der Waals surface area (Å²) in [5.74, 6) is 0.479. The highest BCUT2D eigenvalue weighted by atomic mass is 79.9. The second kappa shape index (κ2) is 4.23. The van der Waals surface area contributed by atoms with Gasteiger partial charge in [0.1, 0.15) is 0 Å². The summed E-state index contributed by atoms with van der Waals surface area (Å²) in [4.78, 5) is 24.0. The first-order valence-electron chi connectivity index (χ1n) is 5.52. The van der Waals surface area contributed by atoms with Crippen molar-refractivity contribution in [2.75, 3.05) is 31.1 Å². The second-order valence-electron chi connectivity index (χ2n) is 4.15. The van der Waals surface area contributed by atoms with Gasteiger partial charge in [0, 0.05) is 32.0 Å². The minimum Gasteiger partial charge on any atom is -0.317 e. The summed E-state index contributed by atoms with van der Waals surface area (Å²) >= 11 is 3.28. The standard InChI is InChI=1S/C10H12BrN5O/c11-7-3-13-9(14-4-7)16-6-8-5-12-1-2-15(8)10(16)17/h3-4,8,12H,1-2,5-6H2/t8-/m0/s1. The third kappa shape index (κ3) is 1.89. The molecule has 0 aliphatic carbocycles. The molecule has 90 valence electrons. The molecular formula is C10H12BrN5O. The molecule has 0 aromatic carbocycles. The topological polar surface area (TPSA) is 61.4 Å². The van der Waals surface area contributed by atoms with Gasteiger partial charge in [-0.15, -0.1) is 0 Å². The lowest BCUT2D eigenvalue weighted by atomic mass is 10.2. The van der Waals surface area contributed by atoms with Crippen molar-refractivity contribution in [3.05, 3.63) is 16.9 Å². The molecule has 1 aromatic rings. The number of carbonyl (C=O) groups excluding carboxylic acids is 1. The molecule has 3 heterocycles. The summed E-state index contributed by atoms with van der Waals surface area (Å²) in [7, 11) is 0. The number of rotatable bonds is 1. The Hall–Kier alpha value is -1.21. The zero-order valence-electron chi connectivity index (χ0n) is 9.14. The second-order valence-corrected chi connectivity index (χ2v) is 5.06. The van der Waals surface area contributed by atoms with E-state index in [0.717, 1.165) is 24.1 Å². The zero-order valence-corrected chi connectivity index (χ0v) is 10.7. The van der Waals surface area contributed by atoms with Crippen molar-refractivity contribution in [3.63, 3.8) is 0 Å². The van der Waals surface area contributed by atoms with Crippen LogP contribution in [0.3, 0.4) is 0 Å². The molecule has 6 nitrogen and oxygen atoms in total. The number of urea groups is 1. The van der Waals surface area contributed by atoms with E-state index in [9.17, 15) is 4.79 Å². The van der Waals surface area contributed by atoms with E-state index in [4.69, 9.17) is 0 Å². The van der Waals surface area contributed by atoms with Gasteiger partial charge >= 0.3 is 6.03 Å². The van der Waals surface area contributed by atoms with Gasteiger partial charge in [0.25, 0.3) is 0 Å². The molecule has 2 aliphatic rings. The van der Waals surface area contributed by atoms with Crippen LogP contribution in [0.4, 0.5) is 10.7 Å². The minimum atomic E-state index is 0.0128. The zero-order chi connectivity index (χ0) is 11.8. The summed E-state index contributed by atoms with van der Waals surface area (Å²) in [6.07, 6.45) is 3.32. The number of hydrogen-bond donors (Lipinski definition) is 1. The number of aromatic nitrogens is 2. The van der Waals surface area contributed by atoms with E-state index < -0.39 is 0 Å². The first kappa shape index (κ1) is 10.9. The van der Waals surface area contributed by atoms with Gasteiger partial charge in [-0.05, 0) is 15.9 Å². The van der Waals surface area contributed by atoms with Crippen LogP contribution in [0.2, 0.25) is 0 Å². The van der Waals surface area contributed by atoms with Crippen molar-refractivity contribution < 1.29 is 4.79 Å². The number of anilines is 1. The van der Waals surface area contributed by atoms with E-state index in [1.807, 2.05) is 4.90 Å². The number of fused-ring (bicyclic) bond motifs is 1. The van der Waals surface area contributed by atoms with Gasteiger partial charge in [-0.3, -0.25) is 4.90 Å². The van der Waals surface area contributed by atoms with E-state index in [2.05, 4.69) is 31.2 Å². The summed E-state index contributed by atoms with van der Waals surface area (Å²) < 4.78 is 0.812. The highest BCUT2D eigenvalue weighted by Gasteiger charge is 2.40. The fraction of sp³-hybridized carbons (Fsp3) is 0.500. The Balaban J connectivity index is 1.85. The lowest BCUT2D eigenvalue weighted by Crippen LogP contribution is -2.49. The molecule has 0 saturated carbocycles. The number of nitrogens with zero attached hydrogens (tertiary/aromatic N) is 4. The average Bonchev–Trinajstić information content (AvgIpc) is 2.69. The van der Waals surface area contributed by atoms with Crippen molar-refractivity contribution in [1.82, 2.24) is 20.2 Å². The maximum atomic E-state index is 12.2. The van der Waals surface area contributed by atoms with Crippen molar-refractivity contribution in [2.24, 2.45) is 0 Å². The van der Waals surface area contributed by atoms with E-state index in [1.165, 1.54) is 0 Å². The molecule has 3 rings (SSSR count). The third-order valence-electron chi connectivity index (χ3n) is 3.07. The SMILES string of the molecule is O=C1N(c2ncc(Br)cn2)C[C@@H]2CNCCN12. The predicted molar refractivity (Wildman–Crippen MR) is 65.8 cm³/mol. The highest BCUT2D eigenvalue weighted by Crippen LogP contribution is 2.21. The normalized spacial score (nSPS) is 24.1. The van der Waals surface area contributed by atoms with E-state index in [0.29, 0.717) is 12.5 Å². The van der Waals surface area contributed by atoms with Crippen LogP contribution in [0.15, 0.2) is 16.9 Å². The van der Waals surface area contributed by atoms with Crippen LogP contribution in [0.5, 0.6) is 0 Å². The third-order valence-corrected chi connectivity index (χ3v) is 3.48. The monoisotopic (exact) mass is 297 g/mol. The van der Waals surface area contributed by atoms with Gasteiger partial charge in [-0.2, -0.15) is 0 Å². The molecule has 1 atom stereocenters. The molecule has 2 amide bonds. The molecule has 7 heteroatoms. The van der Waals surface area contributed by atoms with Gasteiger partial charge < -0.3 is 10.2 Å². The fourth-order valence-electron chi connectivity index (χ4n) is 2.23. The maximum absolute atomic E-state index is 12.2. The summed E-state index contributed by atoms with van der Waals surface area (Å²) in [5.41, 5.74) is 0. The van der Waals surface area contributed by atoms with Crippen molar-refractivity contribution in [2.45, 2.75) is 6.04 Å². The molecule has 2 saturated heterocycles. The number of nitrogens with one attached hydrogen (secondary N) is 1. The van der Waals surface area contributed by atoms with E-state index in [-0.39, 0.29) is 12.1 Å². The molecule has 0 radical (unpaired) electrons. The van der Waals surface area contributed by atoms with Gasteiger partial charge in [0.2, 0.25) is 5.95 Å². The molecule has 0 spiro atoms. The molecule has 17 heavy (non-hydrogen) atoms. The Kier molecular flexibility index (Phi) is 2.71. The number of amides is 2. The van der Waals surface area contributed by atoms with Crippen LogP contribution >= 0.6 is 15.9 Å². The quantitative estimate of drug-likeness (QED) is 0.818. The maximum Gasteiger partial charge on any atom is 0.327 e. The first-order valence-corrected chi connectivity index (χ1v) is 6.31. The van der Waals surface area contributed by atoms with Crippen LogP contribution in [0.25, 0.3) is 0 Å². The molecule has 1 aromatic heterocycles. The van der Waals surface area contributed by atoms with E-state index in [1.54, 1.807) is 17.3 Å². The number of hydrogen-bond acceptors (Lipinski definition) is 4. The number of halogens is 1. The Morgan fingerprint density at radius 1 is 1.41 bits per heavy atom. The lowest BCUT2D eigenvalue weighted by molar-refractivity contribution is 0.193. The average molecular weight is 298 g/mol. The van der Waals surface area contributed by atoms with Crippen LogP contribution in [-0.4, -0.2) is 53.1 Å². The molecule has 2 aliphatic heterocycles. The van der Waals surface area contributed by atoms with Crippen LogP contribution in [0.1, 0.15) is 0 Å². The molecule has 0 bridgehead atoms. The van der Waals surface area contributed by atoms with Crippen molar-refractivity contribution >= 4 is 27.9 Å². The van der Waals surface area contributed by atoms with Gasteiger partial charge in [-0.1, -0.05) is 0 Å². The Morgan fingerprint density at radius 3 is 2.88 bits per heavy atom. The molecular weight excluding hydrogens is 286 g/mol. The summed E-state index contributed by atoms with van der Waals surface area (Å²) in [6.45, 7) is 3.13. The summed E-state index contributed by atoms with van der Waals surface area (Å²) in [6, 6.07) is 0.252. The lowest BCUT2D eigenvalue weighted by Gasteiger charge is -2.28. The number of carbonyl (C=O) groups is 1. The van der Waals surface area contributed by atoms with Gasteiger partial charge in [0.15, 0.2) is 0 Å². The Morgan fingerprint density at radius 2 is 2.18 bits per heavy atom. The van der Waals surface area contributed by atoms with Crippen LogP contribution < -0.4 is 10.2 Å². The van der Waals surface area contributed by atoms with E-state index >= 15 is 0 Å². The molecule has 1 N–H and O–H groups in total. The van der Waals surface area contributed by atoms with Crippen LogP contribution in [0, 0.1) is 0 Å². The molecule has 0 unspecified atom stereocenters. The largest absolute Gasteiger partial charge is 0.327 e. The number of piperazine rings is 1. The van der Waals surface area contributed by atoms with Crippen molar-refractivity contribution in [1.29, 1.82) is 0 Å². The molecule has 2 fully saturated rings. The van der Waals surface area contributed by atoms with Crippen molar-refractivity contribution in [3.8, 4) is 0 Å². The van der Waals surface area contributed by atoms with Gasteiger partial charge in [-0.25, -0.2) is 14.8 Å².